The number of nitrogens with one attached hydrogen (secondary N) is 1. The fraction of sp³-hybridized carbons (Fsp3) is 0.429. The fourth-order valence-electron chi connectivity index (χ4n) is 3.20. The van der Waals surface area contributed by atoms with E-state index >= 15 is 0 Å². The predicted octanol–water partition coefficient (Wildman–Crippen LogP) is 3.51. The Bertz CT molecular complexity index is 692. The van der Waals surface area contributed by atoms with Crippen LogP contribution in [0.1, 0.15) is 36.0 Å². The number of rotatable bonds is 7. The molecule has 0 spiro atoms. The van der Waals surface area contributed by atoms with E-state index in [1.807, 2.05) is 30.5 Å². The van der Waals surface area contributed by atoms with Gasteiger partial charge in [-0.1, -0.05) is 12.1 Å². The molecule has 1 aliphatic heterocycles. The second kappa shape index (κ2) is 9.34. The Balaban J connectivity index is 1.60. The minimum absolute atomic E-state index is 0.0498. The lowest BCUT2D eigenvalue weighted by atomic mass is 10.0. The first kappa shape index (κ1) is 18.4. The summed E-state index contributed by atoms with van der Waals surface area (Å²) < 4.78 is 4.98. The van der Waals surface area contributed by atoms with Crippen LogP contribution >= 0.6 is 0 Å². The van der Waals surface area contributed by atoms with Crippen molar-refractivity contribution in [1.29, 1.82) is 0 Å². The number of carbonyl (C=O) groups is 1. The summed E-state index contributed by atoms with van der Waals surface area (Å²) in [6.07, 6.45) is 6.55. The van der Waals surface area contributed by atoms with Gasteiger partial charge in [0.2, 0.25) is 0 Å². The van der Waals surface area contributed by atoms with Gasteiger partial charge in [-0.2, -0.15) is 0 Å². The van der Waals surface area contributed by atoms with Crippen molar-refractivity contribution < 1.29 is 9.53 Å². The highest BCUT2D eigenvalue weighted by Gasteiger charge is 2.12. The van der Waals surface area contributed by atoms with Crippen molar-refractivity contribution in [3.8, 4) is 11.1 Å². The van der Waals surface area contributed by atoms with Gasteiger partial charge >= 0.3 is 0 Å². The molecular formula is C21H27N3O2. The molecule has 138 valence electrons. The van der Waals surface area contributed by atoms with Crippen molar-refractivity contribution in [2.75, 3.05) is 38.3 Å². The number of ether oxygens (including phenoxy) is 1. The van der Waals surface area contributed by atoms with E-state index in [1.165, 1.54) is 19.3 Å². The molecule has 1 aromatic heterocycles. The van der Waals surface area contributed by atoms with Gasteiger partial charge in [0.1, 0.15) is 5.82 Å². The van der Waals surface area contributed by atoms with Gasteiger partial charge in [-0.05, 0) is 55.5 Å². The first-order valence-corrected chi connectivity index (χ1v) is 9.36. The Morgan fingerprint density at radius 3 is 2.46 bits per heavy atom. The molecule has 1 N–H and O–H groups in total. The molecule has 0 radical (unpaired) electrons. The third kappa shape index (κ3) is 4.82. The van der Waals surface area contributed by atoms with Gasteiger partial charge in [0.25, 0.3) is 5.91 Å². The number of piperidine rings is 1. The number of aromatic nitrogens is 1. The molecular weight excluding hydrogens is 326 g/mol. The average molecular weight is 353 g/mol. The Morgan fingerprint density at radius 2 is 1.81 bits per heavy atom. The van der Waals surface area contributed by atoms with Gasteiger partial charge < -0.3 is 15.0 Å². The Hall–Kier alpha value is -2.40. The van der Waals surface area contributed by atoms with Crippen molar-refractivity contribution in [1.82, 2.24) is 10.3 Å². The molecule has 1 aliphatic rings. The van der Waals surface area contributed by atoms with Crippen LogP contribution in [0.4, 0.5) is 5.82 Å². The van der Waals surface area contributed by atoms with Crippen molar-refractivity contribution in [2.45, 2.75) is 25.7 Å². The Labute approximate surface area is 155 Å². The van der Waals surface area contributed by atoms with Crippen LogP contribution in [0.15, 0.2) is 42.6 Å². The summed E-state index contributed by atoms with van der Waals surface area (Å²) in [7, 11) is 1.66. The number of methoxy groups -OCH3 is 1. The largest absolute Gasteiger partial charge is 0.385 e. The summed E-state index contributed by atoms with van der Waals surface area (Å²) in [4.78, 5) is 19.1. The van der Waals surface area contributed by atoms with Crippen molar-refractivity contribution in [3.63, 3.8) is 0 Å². The smallest absolute Gasteiger partial charge is 0.251 e. The second-order valence-corrected chi connectivity index (χ2v) is 6.63. The maximum atomic E-state index is 12.1. The lowest BCUT2D eigenvalue weighted by Crippen LogP contribution is -2.29. The quantitative estimate of drug-likeness (QED) is 0.774. The number of carbonyl (C=O) groups excluding carboxylic acids is 1. The van der Waals surface area contributed by atoms with Crippen LogP contribution in [0.25, 0.3) is 11.1 Å². The summed E-state index contributed by atoms with van der Waals surface area (Å²) in [5.74, 6) is 1.01. The molecule has 0 bridgehead atoms. The SMILES string of the molecule is COCCCNC(=O)c1ccc(-c2ccc(N3CCCCC3)nc2)cc1. The lowest BCUT2D eigenvalue weighted by molar-refractivity contribution is 0.0948. The lowest BCUT2D eigenvalue weighted by Gasteiger charge is -2.27. The van der Waals surface area contributed by atoms with Gasteiger partial charge in [-0.15, -0.1) is 0 Å². The third-order valence-electron chi connectivity index (χ3n) is 4.72. The van der Waals surface area contributed by atoms with Crippen LogP contribution in [0.5, 0.6) is 0 Å². The molecule has 1 aromatic carbocycles. The minimum atomic E-state index is -0.0498. The van der Waals surface area contributed by atoms with E-state index in [0.29, 0.717) is 18.7 Å². The van der Waals surface area contributed by atoms with Crippen molar-refractivity contribution >= 4 is 11.7 Å². The van der Waals surface area contributed by atoms with E-state index in [4.69, 9.17) is 4.74 Å². The predicted molar refractivity (Wildman–Crippen MR) is 105 cm³/mol. The first-order valence-electron chi connectivity index (χ1n) is 9.36. The molecule has 3 rings (SSSR count). The minimum Gasteiger partial charge on any atom is -0.385 e. The normalized spacial score (nSPS) is 14.3. The fourth-order valence-corrected chi connectivity index (χ4v) is 3.20. The van der Waals surface area contributed by atoms with Crippen LogP contribution < -0.4 is 10.2 Å². The number of pyridine rings is 1. The van der Waals surface area contributed by atoms with E-state index in [-0.39, 0.29) is 5.91 Å². The molecule has 2 aromatic rings. The molecule has 1 fully saturated rings. The zero-order valence-corrected chi connectivity index (χ0v) is 15.4. The van der Waals surface area contributed by atoms with Crippen LogP contribution in [0.2, 0.25) is 0 Å². The van der Waals surface area contributed by atoms with Gasteiger partial charge in [0.05, 0.1) is 0 Å². The molecule has 5 nitrogen and oxygen atoms in total. The molecule has 1 amide bonds. The highest BCUT2D eigenvalue weighted by Crippen LogP contribution is 2.23. The van der Waals surface area contributed by atoms with E-state index in [9.17, 15) is 4.79 Å². The second-order valence-electron chi connectivity index (χ2n) is 6.63. The maximum absolute atomic E-state index is 12.1. The molecule has 2 heterocycles. The number of nitrogens with zero attached hydrogens (tertiary/aromatic N) is 2. The molecule has 0 saturated carbocycles. The van der Waals surface area contributed by atoms with E-state index in [1.54, 1.807) is 7.11 Å². The standard InChI is InChI=1S/C21H27N3O2/c1-26-15-5-12-22-21(25)18-8-6-17(7-9-18)19-10-11-20(23-16-19)24-13-3-2-4-14-24/h6-11,16H,2-5,12-15H2,1H3,(H,22,25). The van der Waals surface area contributed by atoms with Crippen LogP contribution in [-0.4, -0.2) is 44.2 Å². The summed E-state index contributed by atoms with van der Waals surface area (Å²) in [6.45, 7) is 3.47. The topological polar surface area (TPSA) is 54.5 Å². The average Bonchev–Trinajstić information content (AvgIpc) is 2.72. The van der Waals surface area contributed by atoms with E-state index in [2.05, 4.69) is 27.3 Å². The molecule has 0 atom stereocenters. The molecule has 0 aliphatic carbocycles. The Morgan fingerprint density at radius 1 is 1.08 bits per heavy atom. The van der Waals surface area contributed by atoms with Crippen molar-refractivity contribution in [3.05, 3.63) is 48.2 Å². The molecule has 26 heavy (non-hydrogen) atoms. The summed E-state index contributed by atoms with van der Waals surface area (Å²) >= 11 is 0. The van der Waals surface area contributed by atoms with E-state index in [0.717, 1.165) is 36.5 Å². The summed E-state index contributed by atoms with van der Waals surface area (Å²) in [5, 5.41) is 2.90. The summed E-state index contributed by atoms with van der Waals surface area (Å²) in [5.41, 5.74) is 2.81. The molecule has 0 unspecified atom stereocenters. The zero-order chi connectivity index (χ0) is 18.2. The van der Waals surface area contributed by atoms with E-state index < -0.39 is 0 Å². The van der Waals surface area contributed by atoms with Crippen LogP contribution in [0, 0.1) is 0 Å². The van der Waals surface area contributed by atoms with Gasteiger partial charge in [-0.25, -0.2) is 4.98 Å². The number of amides is 1. The highest BCUT2D eigenvalue weighted by atomic mass is 16.5. The third-order valence-corrected chi connectivity index (χ3v) is 4.72. The van der Waals surface area contributed by atoms with Gasteiger partial charge in [0.15, 0.2) is 0 Å². The van der Waals surface area contributed by atoms with Gasteiger partial charge in [-0.3, -0.25) is 4.79 Å². The number of hydrogen-bond acceptors (Lipinski definition) is 4. The highest BCUT2D eigenvalue weighted by molar-refractivity contribution is 5.94. The zero-order valence-electron chi connectivity index (χ0n) is 15.4. The number of benzene rings is 1. The molecule has 1 saturated heterocycles. The monoisotopic (exact) mass is 353 g/mol. The number of hydrogen-bond donors (Lipinski definition) is 1. The van der Waals surface area contributed by atoms with Gasteiger partial charge in [0, 0.05) is 50.7 Å². The van der Waals surface area contributed by atoms with Crippen LogP contribution in [0.3, 0.4) is 0 Å². The summed E-state index contributed by atoms with van der Waals surface area (Å²) in [6, 6.07) is 11.9. The van der Waals surface area contributed by atoms with Crippen LogP contribution in [-0.2, 0) is 4.74 Å². The van der Waals surface area contributed by atoms with Crippen molar-refractivity contribution in [2.24, 2.45) is 0 Å². The molecule has 5 heteroatoms. The maximum Gasteiger partial charge on any atom is 0.251 e. The number of anilines is 1. The first-order chi connectivity index (χ1) is 12.8. The Kier molecular flexibility index (Phi) is 6.61.